The number of nitrogens with zero attached hydrogens (tertiary/aromatic N) is 2. The smallest absolute Gasteiger partial charge is 0.285 e. The quantitative estimate of drug-likeness (QED) is 0.457. The van der Waals surface area contributed by atoms with Crippen molar-refractivity contribution in [3.8, 4) is 0 Å². The third-order valence-electron chi connectivity index (χ3n) is 2.63. The Morgan fingerprint density at radius 1 is 1.48 bits per heavy atom. The maximum atomic E-state index is 13.2. The van der Waals surface area contributed by atoms with E-state index in [4.69, 9.17) is 16.3 Å². The number of alkyl halides is 1. The monoisotopic (exact) mass is 322 g/mol. The molecule has 1 atom stereocenters. The number of hydrogen-bond donors (Lipinski definition) is 0. The first-order valence-corrected chi connectivity index (χ1v) is 6.23. The molecule has 6 nitrogen and oxygen atoms in total. The third kappa shape index (κ3) is 4.33. The molecule has 0 aliphatic carbocycles. The summed E-state index contributed by atoms with van der Waals surface area (Å²) in [7, 11) is 2.77. The fourth-order valence-electron chi connectivity index (χ4n) is 1.68. The number of carbonyl (C=O) groups is 1. The summed E-state index contributed by atoms with van der Waals surface area (Å²) in [5, 5.41) is 10.3. The third-order valence-corrected chi connectivity index (χ3v) is 2.90. The maximum Gasteiger partial charge on any atom is 0.285 e. The van der Waals surface area contributed by atoms with Crippen molar-refractivity contribution in [2.24, 2.45) is 0 Å². The van der Waals surface area contributed by atoms with Gasteiger partial charge >= 0.3 is 0 Å². The average Bonchev–Trinajstić information content (AvgIpc) is 2.40. The maximum absolute atomic E-state index is 13.2. The number of nitro groups is 1. The van der Waals surface area contributed by atoms with Gasteiger partial charge < -0.3 is 9.64 Å². The van der Waals surface area contributed by atoms with Crippen LogP contribution in [-0.4, -0.2) is 48.4 Å². The van der Waals surface area contributed by atoms with Crippen molar-refractivity contribution in [1.82, 2.24) is 4.90 Å². The topological polar surface area (TPSA) is 72.7 Å². The second-order valence-corrected chi connectivity index (χ2v) is 4.90. The predicted octanol–water partition coefficient (Wildman–Crippen LogP) is 2.20. The first-order chi connectivity index (χ1) is 9.77. The summed E-state index contributed by atoms with van der Waals surface area (Å²) in [6, 6.07) is 0.885. The minimum atomic E-state index is -1.39. The molecule has 1 unspecified atom stereocenters. The molecule has 0 heterocycles. The second kappa shape index (κ2) is 7.28. The molecule has 0 N–H and O–H groups in total. The van der Waals surface area contributed by atoms with Crippen molar-refractivity contribution in [2.75, 3.05) is 27.3 Å². The molecule has 1 rings (SSSR count). The number of ether oxygens (including phenoxy) is 1. The number of halogens is 3. The van der Waals surface area contributed by atoms with Crippen LogP contribution >= 0.6 is 11.6 Å². The van der Waals surface area contributed by atoms with Gasteiger partial charge in [-0.2, -0.15) is 0 Å². The van der Waals surface area contributed by atoms with E-state index in [1.165, 1.54) is 14.2 Å². The Labute approximate surface area is 124 Å². The van der Waals surface area contributed by atoms with Crippen molar-refractivity contribution in [3.63, 3.8) is 0 Å². The number of methoxy groups -OCH3 is 1. The zero-order valence-electron chi connectivity index (χ0n) is 11.3. The molecule has 0 fully saturated rings. The summed E-state index contributed by atoms with van der Waals surface area (Å²) < 4.78 is 31.1. The highest BCUT2D eigenvalue weighted by atomic mass is 35.5. The Morgan fingerprint density at radius 3 is 2.57 bits per heavy atom. The van der Waals surface area contributed by atoms with Crippen LogP contribution in [-0.2, 0) is 4.74 Å². The molecule has 1 amide bonds. The highest BCUT2D eigenvalue weighted by molar-refractivity contribution is 6.21. The van der Waals surface area contributed by atoms with Gasteiger partial charge in [-0.25, -0.2) is 8.78 Å². The first kappa shape index (κ1) is 17.3. The second-order valence-electron chi connectivity index (χ2n) is 4.28. The Bertz CT molecular complexity index is 556. The van der Waals surface area contributed by atoms with Crippen molar-refractivity contribution < 1.29 is 23.2 Å². The number of amides is 1. The van der Waals surface area contributed by atoms with E-state index in [0.29, 0.717) is 12.1 Å². The molecular formula is C12H13ClF2N2O4. The lowest BCUT2D eigenvalue weighted by Crippen LogP contribution is -2.34. The number of carbonyl (C=O) groups excluding carboxylic acids is 1. The van der Waals surface area contributed by atoms with Crippen LogP contribution < -0.4 is 0 Å². The Balaban J connectivity index is 3.06. The van der Waals surface area contributed by atoms with Gasteiger partial charge in [0, 0.05) is 20.7 Å². The molecular weight excluding hydrogens is 310 g/mol. The van der Waals surface area contributed by atoms with Gasteiger partial charge in [-0.05, 0) is 6.07 Å². The fraction of sp³-hybridized carbons (Fsp3) is 0.417. The molecule has 0 aliphatic heterocycles. The SMILES string of the molecule is COCC(Cl)CN(C)C(=O)c1cc(F)c(F)cc1[N+](=O)[O-]. The summed E-state index contributed by atoms with van der Waals surface area (Å²) in [6.07, 6.45) is 0. The lowest BCUT2D eigenvalue weighted by molar-refractivity contribution is -0.385. The molecule has 0 saturated carbocycles. The van der Waals surface area contributed by atoms with Crippen LogP contribution in [0, 0.1) is 21.7 Å². The van der Waals surface area contributed by atoms with E-state index >= 15 is 0 Å². The largest absolute Gasteiger partial charge is 0.383 e. The van der Waals surface area contributed by atoms with Crippen molar-refractivity contribution in [3.05, 3.63) is 39.4 Å². The summed E-state index contributed by atoms with van der Waals surface area (Å²) >= 11 is 5.88. The minimum Gasteiger partial charge on any atom is -0.383 e. The Hall–Kier alpha value is -1.80. The summed E-state index contributed by atoms with van der Waals surface area (Å²) in [5.74, 6) is -3.56. The van der Waals surface area contributed by atoms with E-state index in [0.717, 1.165) is 4.90 Å². The van der Waals surface area contributed by atoms with Gasteiger partial charge in [0.2, 0.25) is 0 Å². The van der Waals surface area contributed by atoms with Gasteiger partial charge in [0.1, 0.15) is 5.56 Å². The molecule has 0 aromatic heterocycles. The highest BCUT2D eigenvalue weighted by Gasteiger charge is 2.26. The van der Waals surface area contributed by atoms with Crippen LogP contribution in [0.25, 0.3) is 0 Å². The highest BCUT2D eigenvalue weighted by Crippen LogP contribution is 2.23. The number of hydrogen-bond acceptors (Lipinski definition) is 4. The molecule has 0 saturated heterocycles. The molecule has 0 bridgehead atoms. The lowest BCUT2D eigenvalue weighted by Gasteiger charge is -2.20. The van der Waals surface area contributed by atoms with Crippen LogP contribution in [0.1, 0.15) is 10.4 Å². The summed E-state index contributed by atoms with van der Waals surface area (Å²) in [4.78, 5) is 23.1. The molecule has 9 heteroatoms. The average molecular weight is 323 g/mol. The normalized spacial score (nSPS) is 12.0. The first-order valence-electron chi connectivity index (χ1n) is 5.79. The van der Waals surface area contributed by atoms with E-state index in [9.17, 15) is 23.7 Å². The van der Waals surface area contributed by atoms with E-state index in [1.54, 1.807) is 0 Å². The standard InChI is InChI=1S/C12H13ClF2N2O4/c1-16(5-7(13)6-21-2)12(18)8-3-9(14)10(15)4-11(8)17(19)20/h3-4,7H,5-6H2,1-2H3. The Kier molecular flexibility index (Phi) is 5.98. The van der Waals surface area contributed by atoms with E-state index < -0.39 is 39.1 Å². The molecule has 1 aromatic carbocycles. The van der Waals surface area contributed by atoms with Crippen LogP contribution in [0.3, 0.4) is 0 Å². The van der Waals surface area contributed by atoms with Gasteiger partial charge in [0.15, 0.2) is 11.6 Å². The fourth-order valence-corrected chi connectivity index (χ4v) is 2.01. The van der Waals surface area contributed by atoms with Crippen molar-refractivity contribution in [2.45, 2.75) is 5.38 Å². The van der Waals surface area contributed by atoms with E-state index in [-0.39, 0.29) is 13.2 Å². The van der Waals surface area contributed by atoms with Crippen LogP contribution in [0.2, 0.25) is 0 Å². The summed E-state index contributed by atoms with van der Waals surface area (Å²) in [6.45, 7) is 0.198. The van der Waals surface area contributed by atoms with Gasteiger partial charge in [-0.15, -0.1) is 11.6 Å². The minimum absolute atomic E-state index is 0.0321. The predicted molar refractivity (Wildman–Crippen MR) is 71.5 cm³/mol. The van der Waals surface area contributed by atoms with Crippen LogP contribution in [0.4, 0.5) is 14.5 Å². The van der Waals surface area contributed by atoms with Gasteiger partial charge in [-0.1, -0.05) is 0 Å². The summed E-state index contributed by atoms with van der Waals surface area (Å²) in [5.41, 5.74) is -1.34. The van der Waals surface area contributed by atoms with Gasteiger partial charge in [0.25, 0.3) is 11.6 Å². The molecule has 1 aromatic rings. The zero-order chi connectivity index (χ0) is 16.2. The number of nitro benzene ring substituents is 1. The van der Waals surface area contributed by atoms with Crippen molar-refractivity contribution >= 4 is 23.2 Å². The van der Waals surface area contributed by atoms with E-state index in [1.807, 2.05) is 0 Å². The van der Waals surface area contributed by atoms with Crippen LogP contribution in [0.5, 0.6) is 0 Å². The van der Waals surface area contributed by atoms with Gasteiger partial charge in [0.05, 0.1) is 23.0 Å². The number of benzene rings is 1. The van der Waals surface area contributed by atoms with E-state index in [2.05, 4.69) is 0 Å². The molecule has 116 valence electrons. The van der Waals surface area contributed by atoms with Crippen LogP contribution in [0.15, 0.2) is 12.1 Å². The molecule has 21 heavy (non-hydrogen) atoms. The lowest BCUT2D eigenvalue weighted by atomic mass is 10.1. The molecule has 0 aliphatic rings. The Morgan fingerprint density at radius 2 is 2.05 bits per heavy atom. The molecule has 0 radical (unpaired) electrons. The zero-order valence-corrected chi connectivity index (χ0v) is 12.1. The van der Waals surface area contributed by atoms with Gasteiger partial charge in [-0.3, -0.25) is 14.9 Å². The number of rotatable bonds is 6. The van der Waals surface area contributed by atoms with Crippen molar-refractivity contribution in [1.29, 1.82) is 0 Å². The molecule has 0 spiro atoms.